The molecular weight excluding hydrogens is 240 g/mol. The Morgan fingerprint density at radius 2 is 2.00 bits per heavy atom. The lowest BCUT2D eigenvalue weighted by atomic mass is 10.1. The fourth-order valence-electron chi connectivity index (χ4n) is 2.24. The number of aliphatic hydroxyl groups is 1. The number of aryl methyl sites for hydroxylation is 1. The summed E-state index contributed by atoms with van der Waals surface area (Å²) in [7, 11) is 0. The van der Waals surface area contributed by atoms with Crippen LogP contribution in [0.25, 0.3) is 0 Å². The molecule has 19 heavy (non-hydrogen) atoms. The van der Waals surface area contributed by atoms with Crippen LogP contribution in [-0.4, -0.2) is 43.5 Å². The van der Waals surface area contributed by atoms with Crippen LogP contribution < -0.4 is 15.0 Å². The second-order valence-corrected chi connectivity index (χ2v) is 5.79. The van der Waals surface area contributed by atoms with Crippen molar-refractivity contribution in [1.82, 2.24) is 5.32 Å². The van der Waals surface area contributed by atoms with Gasteiger partial charge in [0.2, 0.25) is 0 Å². The number of nitrogens with zero attached hydrogens (tertiary/aromatic N) is 1. The lowest BCUT2D eigenvalue weighted by Crippen LogP contribution is -2.43. The summed E-state index contributed by atoms with van der Waals surface area (Å²) in [6.45, 7) is 10.1. The van der Waals surface area contributed by atoms with Crippen LogP contribution in [0.4, 0.5) is 5.69 Å². The SMILES string of the molecule is Cc1cc(OCC(C)(C)O)ccc1N1CCNCC1. The fraction of sp³-hybridized carbons (Fsp3) is 0.600. The van der Waals surface area contributed by atoms with Gasteiger partial charge in [0.1, 0.15) is 12.4 Å². The van der Waals surface area contributed by atoms with Gasteiger partial charge in [-0.1, -0.05) is 0 Å². The van der Waals surface area contributed by atoms with Crippen molar-refractivity contribution >= 4 is 5.69 Å². The van der Waals surface area contributed by atoms with Gasteiger partial charge in [0.05, 0.1) is 5.60 Å². The molecular formula is C15H24N2O2. The third-order valence-electron chi connectivity index (χ3n) is 3.22. The molecule has 1 saturated heterocycles. The predicted octanol–water partition coefficient (Wildman–Crippen LogP) is 1.55. The minimum absolute atomic E-state index is 0.305. The molecule has 2 N–H and O–H groups in total. The van der Waals surface area contributed by atoms with Crippen LogP contribution in [0.5, 0.6) is 5.75 Å². The van der Waals surface area contributed by atoms with Gasteiger partial charge in [-0.2, -0.15) is 0 Å². The highest BCUT2D eigenvalue weighted by Crippen LogP contribution is 2.25. The highest BCUT2D eigenvalue weighted by atomic mass is 16.5. The van der Waals surface area contributed by atoms with Gasteiger partial charge in [0.25, 0.3) is 0 Å². The maximum absolute atomic E-state index is 9.67. The lowest BCUT2D eigenvalue weighted by Gasteiger charge is -2.31. The average molecular weight is 264 g/mol. The Kier molecular flexibility index (Phi) is 4.32. The summed E-state index contributed by atoms with van der Waals surface area (Å²) >= 11 is 0. The zero-order chi connectivity index (χ0) is 13.9. The third kappa shape index (κ3) is 4.11. The zero-order valence-corrected chi connectivity index (χ0v) is 12.1. The number of anilines is 1. The summed E-state index contributed by atoms with van der Waals surface area (Å²) in [6.07, 6.45) is 0. The van der Waals surface area contributed by atoms with Crippen molar-refractivity contribution in [3.8, 4) is 5.75 Å². The molecule has 0 aliphatic carbocycles. The first kappa shape index (κ1) is 14.2. The molecule has 1 fully saturated rings. The van der Waals surface area contributed by atoms with Gasteiger partial charge in [0.15, 0.2) is 0 Å². The van der Waals surface area contributed by atoms with Crippen molar-refractivity contribution in [2.45, 2.75) is 26.4 Å². The molecule has 4 heteroatoms. The molecule has 2 rings (SSSR count). The van der Waals surface area contributed by atoms with Crippen molar-refractivity contribution in [2.24, 2.45) is 0 Å². The third-order valence-corrected chi connectivity index (χ3v) is 3.22. The van der Waals surface area contributed by atoms with E-state index in [0.717, 1.165) is 31.9 Å². The van der Waals surface area contributed by atoms with Crippen molar-refractivity contribution < 1.29 is 9.84 Å². The Morgan fingerprint density at radius 1 is 1.32 bits per heavy atom. The first-order valence-electron chi connectivity index (χ1n) is 6.87. The first-order chi connectivity index (χ1) is 8.96. The zero-order valence-electron chi connectivity index (χ0n) is 12.1. The van der Waals surface area contributed by atoms with Gasteiger partial charge in [-0.3, -0.25) is 0 Å². The molecule has 4 nitrogen and oxygen atoms in total. The van der Waals surface area contributed by atoms with Crippen LogP contribution in [0.15, 0.2) is 18.2 Å². The summed E-state index contributed by atoms with van der Waals surface area (Å²) in [6, 6.07) is 6.14. The Morgan fingerprint density at radius 3 is 2.58 bits per heavy atom. The van der Waals surface area contributed by atoms with Gasteiger partial charge in [-0.05, 0) is 44.5 Å². The van der Waals surface area contributed by atoms with E-state index in [4.69, 9.17) is 4.74 Å². The van der Waals surface area contributed by atoms with Gasteiger partial charge >= 0.3 is 0 Å². The number of hydrogen-bond donors (Lipinski definition) is 2. The minimum atomic E-state index is -0.800. The van der Waals surface area contributed by atoms with Crippen molar-refractivity contribution in [3.63, 3.8) is 0 Å². The molecule has 0 bridgehead atoms. The van der Waals surface area contributed by atoms with Gasteiger partial charge < -0.3 is 20.1 Å². The molecule has 1 aromatic rings. The summed E-state index contributed by atoms with van der Waals surface area (Å²) in [5.74, 6) is 0.818. The Labute approximate surface area is 115 Å². The summed E-state index contributed by atoms with van der Waals surface area (Å²) in [5.41, 5.74) is 1.69. The molecule has 0 saturated carbocycles. The number of benzene rings is 1. The lowest BCUT2D eigenvalue weighted by molar-refractivity contribution is 0.0285. The molecule has 0 atom stereocenters. The molecule has 106 valence electrons. The van der Waals surface area contributed by atoms with Crippen LogP contribution >= 0.6 is 0 Å². The monoisotopic (exact) mass is 264 g/mol. The van der Waals surface area contributed by atoms with E-state index >= 15 is 0 Å². The smallest absolute Gasteiger partial charge is 0.119 e. The second-order valence-electron chi connectivity index (χ2n) is 5.79. The number of rotatable bonds is 4. The van der Waals surface area contributed by atoms with E-state index in [1.165, 1.54) is 11.3 Å². The van der Waals surface area contributed by atoms with Crippen molar-refractivity contribution in [3.05, 3.63) is 23.8 Å². The quantitative estimate of drug-likeness (QED) is 0.866. The van der Waals surface area contributed by atoms with E-state index in [9.17, 15) is 5.11 Å². The van der Waals surface area contributed by atoms with Gasteiger partial charge in [0, 0.05) is 31.9 Å². The van der Waals surface area contributed by atoms with Gasteiger partial charge in [-0.15, -0.1) is 0 Å². The van der Waals surface area contributed by atoms with Crippen LogP contribution in [-0.2, 0) is 0 Å². The van der Waals surface area contributed by atoms with E-state index < -0.39 is 5.60 Å². The summed E-state index contributed by atoms with van der Waals surface area (Å²) in [5, 5.41) is 13.0. The Bertz CT molecular complexity index is 421. The summed E-state index contributed by atoms with van der Waals surface area (Å²) < 4.78 is 5.61. The molecule has 0 radical (unpaired) electrons. The molecule has 0 unspecified atom stereocenters. The Hall–Kier alpha value is -1.26. The highest BCUT2D eigenvalue weighted by molar-refractivity contribution is 5.56. The Balaban J connectivity index is 2.04. The molecule has 1 aromatic carbocycles. The van der Waals surface area contributed by atoms with Crippen LogP contribution in [0, 0.1) is 6.92 Å². The van der Waals surface area contributed by atoms with E-state index in [-0.39, 0.29) is 0 Å². The molecule has 0 spiro atoms. The molecule has 1 aliphatic rings. The maximum Gasteiger partial charge on any atom is 0.119 e. The molecule has 1 aliphatic heterocycles. The van der Waals surface area contributed by atoms with Crippen molar-refractivity contribution in [2.75, 3.05) is 37.7 Å². The largest absolute Gasteiger partial charge is 0.491 e. The maximum atomic E-state index is 9.67. The van der Waals surface area contributed by atoms with E-state index in [2.05, 4.69) is 23.2 Å². The van der Waals surface area contributed by atoms with E-state index in [1.54, 1.807) is 13.8 Å². The fourth-order valence-corrected chi connectivity index (χ4v) is 2.24. The number of nitrogens with one attached hydrogen (secondary N) is 1. The van der Waals surface area contributed by atoms with E-state index in [1.807, 2.05) is 12.1 Å². The summed E-state index contributed by atoms with van der Waals surface area (Å²) in [4.78, 5) is 2.39. The topological polar surface area (TPSA) is 44.7 Å². The highest BCUT2D eigenvalue weighted by Gasteiger charge is 2.15. The van der Waals surface area contributed by atoms with Crippen LogP contribution in [0.2, 0.25) is 0 Å². The standard InChI is InChI=1S/C15H24N2O2/c1-12-10-13(19-11-15(2,3)18)4-5-14(12)17-8-6-16-7-9-17/h4-5,10,16,18H,6-9,11H2,1-3H3. The molecule has 0 aromatic heterocycles. The number of piperazine rings is 1. The van der Waals surface area contributed by atoms with Crippen LogP contribution in [0.1, 0.15) is 19.4 Å². The first-order valence-corrected chi connectivity index (χ1v) is 6.87. The minimum Gasteiger partial charge on any atom is -0.491 e. The van der Waals surface area contributed by atoms with Crippen LogP contribution in [0.3, 0.4) is 0 Å². The predicted molar refractivity (Wildman–Crippen MR) is 78.1 cm³/mol. The average Bonchev–Trinajstić information content (AvgIpc) is 2.37. The second kappa shape index (κ2) is 5.80. The normalized spacial score (nSPS) is 16.5. The number of hydrogen-bond acceptors (Lipinski definition) is 4. The molecule has 0 amide bonds. The molecule has 1 heterocycles. The van der Waals surface area contributed by atoms with Crippen molar-refractivity contribution in [1.29, 1.82) is 0 Å². The van der Waals surface area contributed by atoms with Gasteiger partial charge in [-0.25, -0.2) is 0 Å². The van der Waals surface area contributed by atoms with E-state index in [0.29, 0.717) is 6.61 Å². The number of ether oxygens (including phenoxy) is 1.